The second kappa shape index (κ2) is 9.09. The molecule has 0 fully saturated rings. The van der Waals surface area contributed by atoms with Crippen molar-refractivity contribution in [3.63, 3.8) is 0 Å². The Hall–Kier alpha value is -3.87. The molecule has 0 bridgehead atoms. The molecule has 0 saturated carbocycles. The molecule has 1 heterocycles. The van der Waals surface area contributed by atoms with Crippen LogP contribution in [0.25, 0.3) is 0 Å². The van der Waals surface area contributed by atoms with Gasteiger partial charge in [0.25, 0.3) is 11.8 Å². The molecule has 2 N–H and O–H groups in total. The first kappa shape index (κ1) is 20.9. The molecular weight excluding hydrogens is 382 g/mol. The summed E-state index contributed by atoms with van der Waals surface area (Å²) in [6.07, 6.45) is 1.34. The van der Waals surface area contributed by atoms with Gasteiger partial charge >= 0.3 is 0 Å². The Morgan fingerprint density at radius 1 is 1.00 bits per heavy atom. The van der Waals surface area contributed by atoms with Gasteiger partial charge in [-0.1, -0.05) is 29.8 Å². The zero-order valence-corrected chi connectivity index (χ0v) is 17.0. The number of aromatic amines is 1. The maximum absolute atomic E-state index is 13.2. The lowest BCUT2D eigenvalue weighted by molar-refractivity contribution is -0.120. The summed E-state index contributed by atoms with van der Waals surface area (Å²) in [7, 11) is 3.11. The molecule has 1 aromatic heterocycles. The van der Waals surface area contributed by atoms with Crippen LogP contribution in [-0.2, 0) is 4.79 Å². The molecule has 154 valence electrons. The summed E-state index contributed by atoms with van der Waals surface area (Å²) in [5.41, 5.74) is 2.30. The highest BCUT2D eigenvalue weighted by Crippen LogP contribution is 2.25. The van der Waals surface area contributed by atoms with Crippen LogP contribution >= 0.6 is 0 Å². The van der Waals surface area contributed by atoms with E-state index in [1.807, 2.05) is 31.2 Å². The number of benzene rings is 2. The van der Waals surface area contributed by atoms with E-state index in [0.29, 0.717) is 17.0 Å². The van der Waals surface area contributed by atoms with Crippen molar-refractivity contribution in [1.29, 1.82) is 0 Å². The third-order valence-electron chi connectivity index (χ3n) is 4.74. The van der Waals surface area contributed by atoms with Gasteiger partial charge in [-0.3, -0.25) is 14.4 Å². The monoisotopic (exact) mass is 405 g/mol. The molecule has 0 aliphatic heterocycles. The van der Waals surface area contributed by atoms with Crippen molar-refractivity contribution >= 4 is 17.5 Å². The highest BCUT2D eigenvalue weighted by atomic mass is 16.5. The topological polar surface area (TPSA) is 91.5 Å². The molecule has 1 atom stereocenters. The summed E-state index contributed by atoms with van der Waals surface area (Å²) in [6, 6.07) is 16.2. The lowest BCUT2D eigenvalue weighted by Gasteiger charge is -2.28. The standard InChI is InChI=1S/C23H23N3O4/c1-15-4-9-18(10-5-15)25-22(28)21(16-6-11-19(30-3)12-7-16)26(2)23(29)17-8-13-20(27)24-14-17/h4-14,21H,1-3H3,(H,24,27)(H,25,28). The molecule has 0 spiro atoms. The second-order valence-electron chi connectivity index (χ2n) is 6.89. The minimum absolute atomic E-state index is 0.277. The zero-order chi connectivity index (χ0) is 21.7. The highest BCUT2D eigenvalue weighted by Gasteiger charge is 2.29. The maximum atomic E-state index is 13.2. The van der Waals surface area contributed by atoms with Crippen LogP contribution < -0.4 is 15.6 Å². The predicted molar refractivity (Wildman–Crippen MR) is 115 cm³/mol. The normalized spacial score (nSPS) is 11.4. The number of aromatic nitrogens is 1. The molecule has 7 nitrogen and oxygen atoms in total. The molecule has 2 amide bonds. The summed E-state index contributed by atoms with van der Waals surface area (Å²) in [5.74, 6) is -0.110. The Bertz CT molecular complexity index is 1070. The van der Waals surface area contributed by atoms with E-state index >= 15 is 0 Å². The predicted octanol–water partition coefficient (Wildman–Crippen LogP) is 3.14. The number of aryl methyl sites for hydroxylation is 1. The van der Waals surface area contributed by atoms with Gasteiger partial charge in [0.05, 0.1) is 12.7 Å². The third kappa shape index (κ3) is 4.75. The number of rotatable bonds is 6. The number of hydrogen-bond donors (Lipinski definition) is 2. The van der Waals surface area contributed by atoms with Gasteiger partial charge in [-0.25, -0.2) is 0 Å². The van der Waals surface area contributed by atoms with Crippen molar-refractivity contribution in [3.05, 3.63) is 93.9 Å². The Balaban J connectivity index is 1.93. The molecule has 0 aliphatic rings. The van der Waals surface area contributed by atoms with Crippen LogP contribution in [0.3, 0.4) is 0 Å². The largest absolute Gasteiger partial charge is 0.497 e. The van der Waals surface area contributed by atoms with Crippen molar-refractivity contribution in [2.75, 3.05) is 19.5 Å². The minimum atomic E-state index is -0.892. The van der Waals surface area contributed by atoms with Crippen LogP contribution in [0.1, 0.15) is 27.5 Å². The zero-order valence-electron chi connectivity index (χ0n) is 17.0. The SMILES string of the molecule is COc1ccc(C(C(=O)Nc2ccc(C)cc2)N(C)C(=O)c2ccc(=O)[nH]c2)cc1. The number of anilines is 1. The van der Waals surface area contributed by atoms with E-state index in [0.717, 1.165) is 5.56 Å². The molecule has 2 aromatic carbocycles. The van der Waals surface area contributed by atoms with Gasteiger partial charge in [0, 0.05) is 25.0 Å². The molecule has 7 heteroatoms. The van der Waals surface area contributed by atoms with Crippen molar-refractivity contribution in [3.8, 4) is 5.75 Å². The van der Waals surface area contributed by atoms with E-state index < -0.39 is 11.9 Å². The van der Waals surface area contributed by atoms with E-state index in [2.05, 4.69) is 10.3 Å². The van der Waals surface area contributed by atoms with Crippen molar-refractivity contribution in [2.24, 2.45) is 0 Å². The maximum Gasteiger partial charge on any atom is 0.256 e. The Labute approximate surface area is 174 Å². The molecule has 3 rings (SSSR count). The van der Waals surface area contributed by atoms with E-state index in [4.69, 9.17) is 4.74 Å². The molecule has 0 saturated heterocycles. The Morgan fingerprint density at radius 2 is 1.67 bits per heavy atom. The van der Waals surface area contributed by atoms with E-state index in [-0.39, 0.29) is 17.0 Å². The number of pyridine rings is 1. The third-order valence-corrected chi connectivity index (χ3v) is 4.74. The minimum Gasteiger partial charge on any atom is -0.497 e. The van der Waals surface area contributed by atoms with Crippen molar-refractivity contribution in [1.82, 2.24) is 9.88 Å². The summed E-state index contributed by atoms with van der Waals surface area (Å²) in [6.45, 7) is 1.96. The first-order chi connectivity index (χ1) is 14.4. The number of methoxy groups -OCH3 is 1. The lowest BCUT2D eigenvalue weighted by Crippen LogP contribution is -2.38. The number of likely N-dealkylation sites (N-methyl/N-ethyl adjacent to an activating group) is 1. The van der Waals surface area contributed by atoms with Crippen molar-refractivity contribution < 1.29 is 14.3 Å². The summed E-state index contributed by atoms with van der Waals surface area (Å²) in [4.78, 5) is 41.3. The molecule has 1 unspecified atom stereocenters. The number of amides is 2. The lowest BCUT2D eigenvalue weighted by atomic mass is 10.0. The molecule has 3 aromatic rings. The van der Waals surface area contributed by atoms with Gasteiger partial charge in [0.15, 0.2) is 0 Å². The van der Waals surface area contributed by atoms with Crippen LogP contribution in [0, 0.1) is 6.92 Å². The molecule has 30 heavy (non-hydrogen) atoms. The molecule has 0 radical (unpaired) electrons. The van der Waals surface area contributed by atoms with Crippen LogP contribution in [-0.4, -0.2) is 35.9 Å². The van der Waals surface area contributed by atoms with Crippen LogP contribution in [0.15, 0.2) is 71.7 Å². The first-order valence-corrected chi connectivity index (χ1v) is 9.36. The Kier molecular flexibility index (Phi) is 6.32. The second-order valence-corrected chi connectivity index (χ2v) is 6.89. The summed E-state index contributed by atoms with van der Waals surface area (Å²) in [5, 5.41) is 2.87. The summed E-state index contributed by atoms with van der Waals surface area (Å²) < 4.78 is 5.19. The fourth-order valence-electron chi connectivity index (χ4n) is 3.05. The number of ether oxygens (including phenoxy) is 1. The first-order valence-electron chi connectivity index (χ1n) is 9.36. The van der Waals surface area contributed by atoms with Gasteiger partial charge in [-0.05, 0) is 42.8 Å². The van der Waals surface area contributed by atoms with Crippen LogP contribution in [0.5, 0.6) is 5.75 Å². The van der Waals surface area contributed by atoms with Gasteiger partial charge in [0.1, 0.15) is 11.8 Å². The van der Waals surface area contributed by atoms with E-state index in [1.165, 1.54) is 23.2 Å². The average Bonchev–Trinajstić information content (AvgIpc) is 2.76. The number of nitrogens with one attached hydrogen (secondary N) is 2. The van der Waals surface area contributed by atoms with E-state index in [9.17, 15) is 14.4 Å². The number of carbonyl (C=O) groups excluding carboxylic acids is 2. The quantitative estimate of drug-likeness (QED) is 0.659. The van der Waals surface area contributed by atoms with Crippen molar-refractivity contribution in [2.45, 2.75) is 13.0 Å². The summed E-state index contributed by atoms with van der Waals surface area (Å²) >= 11 is 0. The van der Waals surface area contributed by atoms with Gasteiger partial charge < -0.3 is 19.9 Å². The average molecular weight is 405 g/mol. The molecular formula is C23H23N3O4. The smallest absolute Gasteiger partial charge is 0.256 e. The van der Waals surface area contributed by atoms with Gasteiger partial charge in [-0.2, -0.15) is 0 Å². The number of hydrogen-bond acceptors (Lipinski definition) is 4. The molecule has 0 aliphatic carbocycles. The number of nitrogens with zero attached hydrogens (tertiary/aromatic N) is 1. The number of carbonyl (C=O) groups is 2. The van der Waals surface area contributed by atoms with Gasteiger partial charge in [-0.15, -0.1) is 0 Å². The van der Waals surface area contributed by atoms with Crippen LogP contribution in [0.2, 0.25) is 0 Å². The number of H-pyrrole nitrogens is 1. The Morgan fingerprint density at radius 3 is 2.23 bits per heavy atom. The fraction of sp³-hybridized carbons (Fsp3) is 0.174. The fourth-order valence-corrected chi connectivity index (χ4v) is 3.05. The van der Waals surface area contributed by atoms with E-state index in [1.54, 1.807) is 38.4 Å². The van der Waals surface area contributed by atoms with Gasteiger partial charge in [0.2, 0.25) is 5.56 Å². The highest BCUT2D eigenvalue weighted by molar-refractivity contribution is 6.01. The van der Waals surface area contributed by atoms with Crippen LogP contribution in [0.4, 0.5) is 5.69 Å².